The van der Waals surface area contributed by atoms with Gasteiger partial charge in [0.05, 0.1) is 24.9 Å². The number of benzene rings is 1. The second-order valence-corrected chi connectivity index (χ2v) is 11.0. The number of hydrogen-bond acceptors (Lipinski definition) is 9. The Hall–Kier alpha value is -3.54. The van der Waals surface area contributed by atoms with Crippen molar-refractivity contribution >= 4 is 23.7 Å². The van der Waals surface area contributed by atoms with Gasteiger partial charge in [0.15, 0.2) is 17.9 Å². The zero-order valence-corrected chi connectivity index (χ0v) is 22.2. The summed E-state index contributed by atoms with van der Waals surface area (Å²) in [6.07, 6.45) is 0.333. The molecule has 5 rings (SSSR count). The van der Waals surface area contributed by atoms with E-state index in [2.05, 4.69) is 10.1 Å². The van der Waals surface area contributed by atoms with Crippen LogP contribution in [-0.4, -0.2) is 68.1 Å². The van der Waals surface area contributed by atoms with Crippen LogP contribution in [0.2, 0.25) is 0 Å². The number of likely N-dealkylation sites (tertiary alicyclic amines) is 1. The van der Waals surface area contributed by atoms with Gasteiger partial charge in [-0.1, -0.05) is 30.3 Å². The van der Waals surface area contributed by atoms with E-state index in [1.54, 1.807) is 31.7 Å². The van der Waals surface area contributed by atoms with Crippen molar-refractivity contribution < 1.29 is 28.5 Å². The summed E-state index contributed by atoms with van der Waals surface area (Å²) in [5, 5.41) is 4.36. The third-order valence-electron chi connectivity index (χ3n) is 6.59. The minimum absolute atomic E-state index is 0.151. The van der Waals surface area contributed by atoms with Crippen molar-refractivity contribution in [1.29, 1.82) is 0 Å². The first kappa shape index (κ1) is 26.1. The van der Waals surface area contributed by atoms with Crippen LogP contribution in [0.4, 0.5) is 10.6 Å². The summed E-state index contributed by atoms with van der Waals surface area (Å²) in [5.74, 6) is -0.752. The number of carbonyl (C=O) groups excluding carboxylic acids is 2. The fraction of sp³-hybridized carbons (Fsp3) is 0.481. The number of anilines is 1. The first-order valence-electron chi connectivity index (χ1n) is 12.5. The van der Waals surface area contributed by atoms with Crippen LogP contribution in [-0.2, 0) is 25.6 Å². The molecule has 202 valence electrons. The summed E-state index contributed by atoms with van der Waals surface area (Å²) >= 11 is 0. The number of nitrogen functional groups attached to an aromatic ring is 1. The predicted octanol–water partition coefficient (Wildman–Crippen LogP) is 3.52. The zero-order chi connectivity index (χ0) is 27.2. The Morgan fingerprint density at radius 3 is 2.58 bits per heavy atom. The molecule has 1 amide bonds. The lowest BCUT2D eigenvalue weighted by atomic mass is 10.1. The number of hydrogen-bond donors (Lipinski definition) is 1. The SMILES string of the molecule is CC(C)(C)OC(=O)N1[C@H](COCc2ccccc2)[C@H]2OC(C)(C)O[C@H]2[C@@H]1c1cc(C=O)c2c(N)ncnn12. The number of fused-ring (bicyclic) bond motifs is 2. The lowest BCUT2D eigenvalue weighted by Gasteiger charge is -2.35. The van der Waals surface area contributed by atoms with Gasteiger partial charge < -0.3 is 24.7 Å². The summed E-state index contributed by atoms with van der Waals surface area (Å²) in [7, 11) is 0. The molecule has 2 fully saturated rings. The molecular weight excluding hydrogens is 490 g/mol. The highest BCUT2D eigenvalue weighted by atomic mass is 16.8. The van der Waals surface area contributed by atoms with Gasteiger partial charge in [-0.3, -0.25) is 9.69 Å². The van der Waals surface area contributed by atoms with Gasteiger partial charge in [0.1, 0.15) is 35.7 Å². The Morgan fingerprint density at radius 1 is 1.18 bits per heavy atom. The predicted molar refractivity (Wildman–Crippen MR) is 137 cm³/mol. The molecule has 0 radical (unpaired) electrons. The van der Waals surface area contributed by atoms with Gasteiger partial charge in [0.2, 0.25) is 0 Å². The van der Waals surface area contributed by atoms with E-state index in [-0.39, 0.29) is 12.4 Å². The van der Waals surface area contributed by atoms with E-state index in [1.807, 2.05) is 44.2 Å². The van der Waals surface area contributed by atoms with Crippen LogP contribution in [0.3, 0.4) is 0 Å². The molecule has 2 saturated heterocycles. The Kier molecular flexibility index (Phi) is 6.62. The van der Waals surface area contributed by atoms with E-state index >= 15 is 0 Å². The van der Waals surface area contributed by atoms with E-state index < -0.39 is 41.8 Å². The van der Waals surface area contributed by atoms with Crippen LogP contribution in [0.5, 0.6) is 0 Å². The van der Waals surface area contributed by atoms with Crippen molar-refractivity contribution in [1.82, 2.24) is 19.5 Å². The number of nitrogens with zero attached hydrogens (tertiary/aromatic N) is 4. The van der Waals surface area contributed by atoms with Crippen LogP contribution in [0.1, 0.15) is 62.3 Å². The smallest absolute Gasteiger partial charge is 0.411 e. The molecule has 0 spiro atoms. The molecule has 0 bridgehead atoms. The van der Waals surface area contributed by atoms with Crippen molar-refractivity contribution in [2.75, 3.05) is 12.3 Å². The third-order valence-corrected chi connectivity index (χ3v) is 6.59. The van der Waals surface area contributed by atoms with Crippen molar-refractivity contribution in [2.45, 2.75) is 76.9 Å². The molecule has 0 aliphatic carbocycles. The number of carbonyl (C=O) groups is 2. The number of rotatable bonds is 6. The van der Waals surface area contributed by atoms with Gasteiger partial charge in [-0.25, -0.2) is 14.3 Å². The molecule has 4 atom stereocenters. The topological polar surface area (TPSA) is 131 Å². The first-order chi connectivity index (χ1) is 18.0. The highest BCUT2D eigenvalue weighted by Gasteiger charge is 2.61. The van der Waals surface area contributed by atoms with Crippen LogP contribution in [0.15, 0.2) is 42.7 Å². The van der Waals surface area contributed by atoms with Crippen molar-refractivity contribution in [2.24, 2.45) is 0 Å². The Morgan fingerprint density at radius 2 is 1.89 bits per heavy atom. The molecule has 3 aromatic rings. The minimum Gasteiger partial charge on any atom is -0.444 e. The number of amides is 1. The Balaban J connectivity index is 1.58. The monoisotopic (exact) mass is 523 g/mol. The maximum atomic E-state index is 13.8. The average Bonchev–Trinajstić information content (AvgIpc) is 3.46. The second-order valence-electron chi connectivity index (χ2n) is 11.0. The molecule has 11 nitrogen and oxygen atoms in total. The summed E-state index contributed by atoms with van der Waals surface area (Å²) in [6.45, 7) is 9.60. The van der Waals surface area contributed by atoms with Gasteiger partial charge in [-0.05, 0) is 46.2 Å². The zero-order valence-electron chi connectivity index (χ0n) is 22.2. The highest BCUT2D eigenvalue weighted by molar-refractivity contribution is 5.91. The van der Waals surface area contributed by atoms with Crippen LogP contribution >= 0.6 is 0 Å². The van der Waals surface area contributed by atoms with Gasteiger partial charge in [0, 0.05) is 5.56 Å². The van der Waals surface area contributed by atoms with Crippen molar-refractivity contribution in [3.8, 4) is 0 Å². The lowest BCUT2D eigenvalue weighted by Crippen LogP contribution is -2.47. The van der Waals surface area contributed by atoms with Gasteiger partial charge in [-0.15, -0.1) is 0 Å². The van der Waals surface area contributed by atoms with Crippen LogP contribution < -0.4 is 5.73 Å². The molecule has 2 aliphatic heterocycles. The summed E-state index contributed by atoms with van der Waals surface area (Å²) in [4.78, 5) is 31.4. The lowest BCUT2D eigenvalue weighted by molar-refractivity contribution is -0.170. The van der Waals surface area contributed by atoms with Gasteiger partial charge >= 0.3 is 6.09 Å². The fourth-order valence-corrected chi connectivity index (χ4v) is 5.23. The molecule has 0 unspecified atom stereocenters. The molecule has 0 saturated carbocycles. The normalized spacial score (nSPS) is 24.5. The third kappa shape index (κ3) is 4.84. The summed E-state index contributed by atoms with van der Waals surface area (Å²) in [5.41, 5.74) is 7.56. The molecule has 2 aromatic heterocycles. The van der Waals surface area contributed by atoms with E-state index in [0.29, 0.717) is 29.7 Å². The molecule has 4 heterocycles. The maximum Gasteiger partial charge on any atom is 0.411 e. The molecule has 1 aromatic carbocycles. The van der Waals surface area contributed by atoms with E-state index in [0.717, 1.165) is 5.56 Å². The van der Waals surface area contributed by atoms with Gasteiger partial charge in [-0.2, -0.15) is 5.10 Å². The summed E-state index contributed by atoms with van der Waals surface area (Å²) in [6, 6.07) is 10.2. The maximum absolute atomic E-state index is 13.8. The fourth-order valence-electron chi connectivity index (χ4n) is 5.23. The summed E-state index contributed by atoms with van der Waals surface area (Å²) < 4.78 is 26.2. The van der Waals surface area contributed by atoms with E-state index in [4.69, 9.17) is 24.7 Å². The Labute approximate surface area is 220 Å². The number of aldehydes is 1. The second kappa shape index (κ2) is 9.64. The molecule has 2 N–H and O–H groups in total. The van der Waals surface area contributed by atoms with Crippen LogP contribution in [0, 0.1) is 0 Å². The molecule has 38 heavy (non-hydrogen) atoms. The quantitative estimate of drug-likeness (QED) is 0.482. The molecule has 11 heteroatoms. The molecular formula is C27H33N5O6. The van der Waals surface area contributed by atoms with E-state index in [9.17, 15) is 9.59 Å². The highest BCUT2D eigenvalue weighted by Crippen LogP contribution is 2.48. The number of ether oxygens (including phenoxy) is 4. The number of aromatic nitrogens is 3. The largest absolute Gasteiger partial charge is 0.444 e. The average molecular weight is 524 g/mol. The minimum atomic E-state index is -0.903. The standard InChI is InChI=1S/C27H33N5O6/c1-26(2,3)38-25(34)31-19(14-35-13-16-9-7-6-8-10-16)22-23(37-27(4,5)36-22)21(31)18-11-17(12-33)20-24(28)29-15-30-32(18)20/h6-12,15,19,21-23H,13-14H2,1-5H3,(H2,28,29,30)/t19-,21+,22-,23+/m1/s1. The van der Waals surface area contributed by atoms with Crippen molar-refractivity contribution in [3.05, 3.63) is 59.5 Å². The van der Waals surface area contributed by atoms with E-state index in [1.165, 1.54) is 10.8 Å². The number of nitrogens with two attached hydrogens (primary N) is 1. The first-order valence-corrected chi connectivity index (χ1v) is 12.5. The van der Waals surface area contributed by atoms with Crippen molar-refractivity contribution in [3.63, 3.8) is 0 Å². The molecule has 2 aliphatic rings. The van der Waals surface area contributed by atoms with Crippen LogP contribution in [0.25, 0.3) is 5.52 Å². The van der Waals surface area contributed by atoms with Gasteiger partial charge in [0.25, 0.3) is 0 Å². The Bertz CT molecular complexity index is 1330.